The molecule has 7 rings (SSSR count). The second-order valence-corrected chi connectivity index (χ2v) is 13.3. The number of ether oxygens (including phenoxy) is 7. The molecule has 0 radical (unpaired) electrons. The van der Waals surface area contributed by atoms with Crippen molar-refractivity contribution in [2.75, 3.05) is 6.61 Å². The van der Waals surface area contributed by atoms with Crippen LogP contribution in [-0.4, -0.2) is 42.4 Å². The third-order valence-electron chi connectivity index (χ3n) is 9.26. The Morgan fingerprint density at radius 1 is 0.455 bits per heavy atom. The van der Waals surface area contributed by atoms with Crippen LogP contribution in [0, 0.1) is 0 Å². The molecule has 0 amide bonds. The van der Waals surface area contributed by atoms with Crippen LogP contribution in [-0.2, 0) is 56.7 Å². The molecule has 1 fully saturated rings. The molecule has 6 aromatic carbocycles. The summed E-state index contributed by atoms with van der Waals surface area (Å²) in [5, 5.41) is 11.2. The van der Waals surface area contributed by atoms with Gasteiger partial charge in [-0.25, -0.2) is 0 Å². The second-order valence-electron chi connectivity index (χ2n) is 13.3. The van der Waals surface area contributed by atoms with Crippen molar-refractivity contribution in [1.29, 1.82) is 0 Å². The van der Waals surface area contributed by atoms with Gasteiger partial charge in [-0.3, -0.25) is 0 Å². The van der Waals surface area contributed by atoms with Crippen LogP contribution in [0.15, 0.2) is 170 Å². The molecule has 0 spiro atoms. The van der Waals surface area contributed by atoms with Crippen LogP contribution in [0.4, 0.5) is 0 Å². The minimum absolute atomic E-state index is 0.1000. The average Bonchev–Trinajstić information content (AvgIpc) is 3.24. The third kappa shape index (κ3) is 11.0. The van der Waals surface area contributed by atoms with Gasteiger partial charge < -0.3 is 38.3 Å². The average molecular weight is 739 g/mol. The second kappa shape index (κ2) is 19.7. The van der Waals surface area contributed by atoms with E-state index in [4.69, 9.17) is 33.2 Å². The molecule has 55 heavy (non-hydrogen) atoms. The highest BCUT2D eigenvalue weighted by Crippen LogP contribution is 2.36. The first kappa shape index (κ1) is 37.8. The van der Waals surface area contributed by atoms with Gasteiger partial charge in [0, 0.05) is 6.07 Å². The van der Waals surface area contributed by atoms with Crippen molar-refractivity contribution in [2.45, 2.75) is 63.7 Å². The van der Waals surface area contributed by atoms with Crippen LogP contribution in [0.3, 0.4) is 0 Å². The van der Waals surface area contributed by atoms with Gasteiger partial charge in [0.25, 0.3) is 0 Å². The zero-order valence-electron chi connectivity index (χ0n) is 30.6. The minimum Gasteiger partial charge on any atom is -0.504 e. The van der Waals surface area contributed by atoms with Crippen molar-refractivity contribution in [3.05, 3.63) is 198 Å². The number of phenols is 1. The van der Waals surface area contributed by atoms with E-state index < -0.39 is 30.7 Å². The molecule has 5 atom stereocenters. The van der Waals surface area contributed by atoms with Crippen molar-refractivity contribution >= 4 is 0 Å². The molecule has 1 N–H and O–H groups in total. The first-order chi connectivity index (χ1) is 27.2. The Morgan fingerprint density at radius 3 is 1.38 bits per heavy atom. The topological polar surface area (TPSA) is 84.8 Å². The van der Waals surface area contributed by atoms with Gasteiger partial charge in [0.1, 0.15) is 36.8 Å². The van der Waals surface area contributed by atoms with Gasteiger partial charge in [-0.2, -0.15) is 0 Å². The smallest absolute Gasteiger partial charge is 0.229 e. The molecule has 6 aromatic rings. The highest BCUT2D eigenvalue weighted by atomic mass is 16.7. The van der Waals surface area contributed by atoms with Gasteiger partial charge in [-0.1, -0.05) is 152 Å². The summed E-state index contributed by atoms with van der Waals surface area (Å²) >= 11 is 0. The van der Waals surface area contributed by atoms with Gasteiger partial charge in [-0.15, -0.1) is 0 Å². The fraction of sp³-hybridized carbons (Fsp3) is 0.234. The van der Waals surface area contributed by atoms with Crippen LogP contribution in [0.2, 0.25) is 0 Å². The van der Waals surface area contributed by atoms with E-state index in [9.17, 15) is 5.11 Å². The molecule has 282 valence electrons. The third-order valence-corrected chi connectivity index (χ3v) is 9.26. The van der Waals surface area contributed by atoms with Crippen LogP contribution < -0.4 is 9.47 Å². The minimum atomic E-state index is -1.02. The summed E-state index contributed by atoms with van der Waals surface area (Å²) < 4.78 is 45.9. The summed E-state index contributed by atoms with van der Waals surface area (Å²) in [6, 6.07) is 54.7. The normalized spacial score (nSPS) is 19.5. The van der Waals surface area contributed by atoms with E-state index in [-0.39, 0.29) is 24.7 Å². The number of aromatic hydroxyl groups is 1. The van der Waals surface area contributed by atoms with Gasteiger partial charge in [-0.05, 0) is 39.9 Å². The highest BCUT2D eigenvalue weighted by Gasteiger charge is 2.50. The van der Waals surface area contributed by atoms with Crippen molar-refractivity contribution in [2.24, 2.45) is 0 Å². The molecule has 0 aliphatic carbocycles. The Kier molecular flexibility index (Phi) is 13.6. The lowest BCUT2D eigenvalue weighted by Gasteiger charge is -2.45. The molecule has 1 heterocycles. The lowest BCUT2D eigenvalue weighted by atomic mass is 9.97. The van der Waals surface area contributed by atoms with E-state index in [1.165, 1.54) is 6.07 Å². The van der Waals surface area contributed by atoms with E-state index in [2.05, 4.69) is 0 Å². The van der Waals surface area contributed by atoms with E-state index in [0.29, 0.717) is 32.2 Å². The summed E-state index contributed by atoms with van der Waals surface area (Å²) in [5.41, 5.74) is 5.03. The number of benzene rings is 6. The van der Waals surface area contributed by atoms with Crippen LogP contribution in [0.1, 0.15) is 27.8 Å². The molecule has 0 saturated carbocycles. The van der Waals surface area contributed by atoms with Crippen LogP contribution in [0.25, 0.3) is 0 Å². The maximum absolute atomic E-state index is 11.2. The number of hydrogen-bond donors (Lipinski definition) is 1. The highest BCUT2D eigenvalue weighted by molar-refractivity contribution is 5.44. The lowest BCUT2D eigenvalue weighted by Crippen LogP contribution is -2.62. The van der Waals surface area contributed by atoms with Crippen molar-refractivity contribution in [1.82, 2.24) is 0 Å². The maximum Gasteiger partial charge on any atom is 0.229 e. The first-order valence-corrected chi connectivity index (χ1v) is 18.6. The summed E-state index contributed by atoms with van der Waals surface area (Å²) in [5.74, 6) is 0.609. The molecule has 0 unspecified atom stereocenters. The fourth-order valence-corrected chi connectivity index (χ4v) is 6.39. The van der Waals surface area contributed by atoms with Gasteiger partial charge >= 0.3 is 0 Å². The lowest BCUT2D eigenvalue weighted by molar-refractivity contribution is -0.310. The van der Waals surface area contributed by atoms with E-state index in [1.807, 2.05) is 152 Å². The Balaban J connectivity index is 1.19. The zero-order chi connectivity index (χ0) is 37.5. The fourth-order valence-electron chi connectivity index (χ4n) is 6.39. The van der Waals surface area contributed by atoms with Crippen molar-refractivity contribution in [3.63, 3.8) is 0 Å². The SMILES string of the molecule is Oc1cc(OCc2ccccc2)ccc1O[C@H]1O[C@H](COCc2ccccc2)[C@@H](OCc2ccccc2)[C@H](OCc2ccccc2)[C@H]1OCc1ccccc1. The van der Waals surface area contributed by atoms with Crippen molar-refractivity contribution in [3.8, 4) is 17.2 Å². The predicted octanol–water partition coefficient (Wildman–Crippen LogP) is 9.05. The molecule has 8 nitrogen and oxygen atoms in total. The Bertz CT molecular complexity index is 1980. The van der Waals surface area contributed by atoms with Crippen LogP contribution >= 0.6 is 0 Å². The van der Waals surface area contributed by atoms with Crippen LogP contribution in [0.5, 0.6) is 17.2 Å². The number of phenolic OH excluding ortho intramolecular Hbond substituents is 1. The summed E-state index contributed by atoms with van der Waals surface area (Å²) in [4.78, 5) is 0. The molecule has 1 aliphatic rings. The predicted molar refractivity (Wildman–Crippen MR) is 209 cm³/mol. The Hall–Kier alpha value is -5.48. The zero-order valence-corrected chi connectivity index (χ0v) is 30.6. The molecular weight excluding hydrogens is 693 g/mol. The monoisotopic (exact) mass is 738 g/mol. The first-order valence-electron chi connectivity index (χ1n) is 18.6. The Labute approximate surface area is 322 Å². The Morgan fingerprint density at radius 2 is 0.891 bits per heavy atom. The van der Waals surface area contributed by atoms with E-state index >= 15 is 0 Å². The number of hydrogen-bond acceptors (Lipinski definition) is 8. The van der Waals surface area contributed by atoms with Gasteiger partial charge in [0.15, 0.2) is 11.5 Å². The summed E-state index contributed by atoms with van der Waals surface area (Å²) in [6.45, 7) is 1.80. The number of rotatable bonds is 18. The van der Waals surface area contributed by atoms with Crippen molar-refractivity contribution < 1.29 is 38.3 Å². The largest absolute Gasteiger partial charge is 0.504 e. The maximum atomic E-state index is 11.2. The molecular formula is C47H46O8. The molecule has 1 aliphatic heterocycles. The van der Waals surface area contributed by atoms with E-state index in [1.54, 1.807) is 12.1 Å². The van der Waals surface area contributed by atoms with E-state index in [0.717, 1.165) is 27.8 Å². The summed E-state index contributed by atoms with van der Waals surface area (Å²) in [7, 11) is 0. The molecule has 1 saturated heterocycles. The quantitative estimate of drug-likeness (QED) is 0.0936. The summed E-state index contributed by atoms with van der Waals surface area (Å²) in [6.07, 6.45) is -3.74. The molecule has 8 heteroatoms. The van der Waals surface area contributed by atoms with Gasteiger partial charge in [0.05, 0.1) is 33.0 Å². The van der Waals surface area contributed by atoms with Gasteiger partial charge in [0.2, 0.25) is 6.29 Å². The molecule has 0 bridgehead atoms. The molecule has 0 aromatic heterocycles. The standard InChI is InChI=1S/C47H46O8/c48-41-28-40(50-30-36-18-8-2-9-19-36)26-27-42(41)54-47-46(53-33-39-24-14-5-15-25-39)45(52-32-38-22-12-4-13-23-38)44(51-31-37-20-10-3-11-21-37)43(55-47)34-49-29-35-16-6-1-7-17-35/h1-28,43-48H,29-34H2/t43-,44-,45+,46-,47+/m1/s1.